The highest BCUT2D eigenvalue weighted by Gasteiger charge is 2.61. The van der Waals surface area contributed by atoms with Crippen LogP contribution >= 0.6 is 0 Å². The molecule has 2 unspecified atom stereocenters. The normalized spacial score (nSPS) is 37.3. The monoisotopic (exact) mass is 858 g/mol. The molecule has 1 amide bonds. The predicted octanol–water partition coefficient (Wildman–Crippen LogP) is 3.71. The van der Waals surface area contributed by atoms with Crippen LogP contribution in [0, 0.1) is 35.5 Å². The van der Waals surface area contributed by atoms with Gasteiger partial charge < -0.3 is 48.5 Å². The van der Waals surface area contributed by atoms with Crippen molar-refractivity contribution in [3.8, 4) is 11.5 Å². The number of cyclic esters (lactones) is 1. The molecule has 3 fully saturated rings. The molecule has 1 aromatic rings. The highest BCUT2D eigenvalue weighted by Crippen LogP contribution is 2.48. The molecule has 0 saturated carbocycles. The van der Waals surface area contributed by atoms with Crippen molar-refractivity contribution in [2.24, 2.45) is 35.5 Å². The number of aliphatic hydroxyl groups excluding tert-OH is 1. The van der Waals surface area contributed by atoms with Crippen molar-refractivity contribution in [3.63, 3.8) is 0 Å². The van der Waals surface area contributed by atoms with E-state index in [1.54, 1.807) is 59.7 Å². The molecule has 16 heteroatoms. The first-order chi connectivity index (χ1) is 28.7. The number of carbonyl (C=O) groups excluding carboxylic acids is 6. The summed E-state index contributed by atoms with van der Waals surface area (Å²) in [5.41, 5.74) is -2.49. The molecule has 1 aromatic carbocycles. The first-order valence-corrected chi connectivity index (χ1v) is 21.6. The van der Waals surface area contributed by atoms with Crippen LogP contribution in [0.15, 0.2) is 18.2 Å². The third kappa shape index (κ3) is 10.1. The zero-order valence-electron chi connectivity index (χ0n) is 37.5. The number of ketones is 3. The number of amides is 1. The molecule has 5 rings (SSSR count). The number of esters is 2. The van der Waals surface area contributed by atoms with E-state index in [4.69, 9.17) is 33.2 Å². The summed E-state index contributed by atoms with van der Waals surface area (Å²) in [6.07, 6.45) is -4.22. The fraction of sp³-hybridized carbons (Fsp3) is 0.733. The molecule has 4 aliphatic heterocycles. The molecule has 0 aromatic heterocycles. The first-order valence-electron chi connectivity index (χ1n) is 21.6. The van der Waals surface area contributed by atoms with Gasteiger partial charge in [-0.2, -0.15) is 0 Å². The minimum atomic E-state index is -1.53. The second-order valence-electron chi connectivity index (χ2n) is 18.0. The molecular formula is C45H66N2O14. The Bertz CT molecular complexity index is 1800. The van der Waals surface area contributed by atoms with Crippen molar-refractivity contribution in [1.82, 2.24) is 10.2 Å². The molecule has 14 atom stereocenters. The number of carbonyl (C=O) groups is 6. The minimum Gasteiger partial charge on any atom is -0.486 e. The van der Waals surface area contributed by atoms with Gasteiger partial charge >= 0.3 is 11.9 Å². The fourth-order valence-corrected chi connectivity index (χ4v) is 9.89. The van der Waals surface area contributed by atoms with Crippen molar-refractivity contribution < 1.29 is 67.0 Å². The largest absolute Gasteiger partial charge is 0.486 e. The number of fused-ring (bicyclic) bond motifs is 2. The van der Waals surface area contributed by atoms with Crippen molar-refractivity contribution in [1.29, 1.82) is 0 Å². The van der Waals surface area contributed by atoms with Gasteiger partial charge in [-0.15, -0.1) is 0 Å². The van der Waals surface area contributed by atoms with Crippen LogP contribution in [0.2, 0.25) is 0 Å². The summed E-state index contributed by atoms with van der Waals surface area (Å²) in [7, 11) is 5.15. The summed E-state index contributed by atoms with van der Waals surface area (Å²) >= 11 is 0. The lowest BCUT2D eigenvalue weighted by Crippen LogP contribution is -2.59. The fourth-order valence-electron chi connectivity index (χ4n) is 9.89. The van der Waals surface area contributed by atoms with Crippen molar-refractivity contribution >= 4 is 35.2 Å². The van der Waals surface area contributed by atoms with Gasteiger partial charge in [0.15, 0.2) is 35.0 Å². The maximum atomic E-state index is 14.7. The van der Waals surface area contributed by atoms with Gasteiger partial charge in [0.25, 0.3) is 0 Å². The van der Waals surface area contributed by atoms with Crippen LogP contribution in [-0.4, -0.2) is 134 Å². The molecule has 61 heavy (non-hydrogen) atoms. The summed E-state index contributed by atoms with van der Waals surface area (Å²) in [6.45, 7) is 14.1. The number of Topliss-reactive ketones (excluding diaryl/α,β-unsaturated/α-hetero) is 3. The summed E-state index contributed by atoms with van der Waals surface area (Å²) in [5, 5.41) is 14.2. The number of rotatable bonds is 11. The van der Waals surface area contributed by atoms with E-state index in [-0.39, 0.29) is 55.9 Å². The maximum Gasteiger partial charge on any atom is 0.316 e. The van der Waals surface area contributed by atoms with Crippen molar-refractivity contribution in [2.45, 2.75) is 135 Å². The minimum absolute atomic E-state index is 0.0531. The van der Waals surface area contributed by atoms with Gasteiger partial charge in [-0.05, 0) is 79.3 Å². The second kappa shape index (κ2) is 19.6. The van der Waals surface area contributed by atoms with Crippen LogP contribution in [0.5, 0.6) is 11.5 Å². The molecule has 16 nitrogen and oxygen atoms in total. The lowest BCUT2D eigenvalue weighted by atomic mass is 9.67. The van der Waals surface area contributed by atoms with Crippen LogP contribution in [0.3, 0.4) is 0 Å². The van der Waals surface area contributed by atoms with Crippen LogP contribution in [0.4, 0.5) is 0 Å². The topological polar surface area (TPSA) is 203 Å². The van der Waals surface area contributed by atoms with Gasteiger partial charge in [-0.1, -0.05) is 27.7 Å². The average molecular weight is 859 g/mol. The molecule has 3 saturated heterocycles. The van der Waals surface area contributed by atoms with E-state index in [0.717, 1.165) is 0 Å². The van der Waals surface area contributed by atoms with Crippen LogP contribution in [-0.2, 0) is 47.7 Å². The van der Waals surface area contributed by atoms with Gasteiger partial charge in [0.1, 0.15) is 37.1 Å². The Hall–Kier alpha value is -3.96. The van der Waals surface area contributed by atoms with E-state index in [0.29, 0.717) is 36.7 Å². The number of ether oxygens (including phenoxy) is 7. The zero-order chi connectivity index (χ0) is 45.1. The lowest BCUT2D eigenvalue weighted by Gasteiger charge is -2.47. The smallest absolute Gasteiger partial charge is 0.316 e. The van der Waals surface area contributed by atoms with Crippen molar-refractivity contribution in [2.75, 3.05) is 41.0 Å². The summed E-state index contributed by atoms with van der Waals surface area (Å²) in [4.78, 5) is 85.0. The molecular weight excluding hydrogens is 792 g/mol. The molecule has 2 N–H and O–H groups in total. The second-order valence-corrected chi connectivity index (χ2v) is 18.0. The Kier molecular flexibility index (Phi) is 15.5. The Balaban J connectivity index is 1.41. The van der Waals surface area contributed by atoms with Gasteiger partial charge in [-0.25, -0.2) is 0 Å². The lowest BCUT2D eigenvalue weighted by molar-refractivity contribution is -0.295. The molecule has 4 aliphatic rings. The molecule has 0 bridgehead atoms. The number of benzene rings is 1. The van der Waals surface area contributed by atoms with Gasteiger partial charge in [0, 0.05) is 61.8 Å². The van der Waals surface area contributed by atoms with E-state index in [9.17, 15) is 33.9 Å². The number of hydrogen-bond acceptors (Lipinski definition) is 15. The van der Waals surface area contributed by atoms with E-state index in [1.165, 1.54) is 14.0 Å². The van der Waals surface area contributed by atoms with E-state index >= 15 is 0 Å². The molecule has 0 aliphatic carbocycles. The Morgan fingerprint density at radius 2 is 1.61 bits per heavy atom. The molecule has 340 valence electrons. The summed E-state index contributed by atoms with van der Waals surface area (Å²) < 4.78 is 42.1. The third-order valence-corrected chi connectivity index (χ3v) is 13.4. The van der Waals surface area contributed by atoms with E-state index in [2.05, 4.69) is 5.32 Å². The van der Waals surface area contributed by atoms with Gasteiger partial charge in [0.05, 0.1) is 23.7 Å². The van der Waals surface area contributed by atoms with Crippen LogP contribution in [0.25, 0.3) is 0 Å². The first kappa shape index (κ1) is 48.1. The maximum absolute atomic E-state index is 14.7. The number of nitrogens with zero attached hydrogens (tertiary/aromatic N) is 1. The van der Waals surface area contributed by atoms with E-state index in [1.807, 2.05) is 25.9 Å². The Labute approximate surface area is 359 Å². The Morgan fingerprint density at radius 1 is 0.934 bits per heavy atom. The standard InChI is InChI=1S/C45H66N2O14/c1-12-34-45(8)36(29(42(54)61-45)22-46-35(49)16-14-31(48)28-13-15-32-33(20-28)57-18-17-56-32)25(4)37(50)23(2)21-44(7,55-11)40(26(5)38(51)27(6)41(53)59-34)60-43-39(52)30(47(9)10)19-24(3)58-43/h13,15,20,23-27,29-30,34,36,39-40,43,52H,12,14,16-19,21-22H2,1-11H3,(H,46,49)/t23-,24-,25-,26?,27-,29?,30+,34-,36+,39-,40-,43+,44-,45-/m1/s1. The Morgan fingerprint density at radius 3 is 2.25 bits per heavy atom. The van der Waals surface area contributed by atoms with Gasteiger partial charge in [-0.3, -0.25) is 28.8 Å². The zero-order valence-corrected chi connectivity index (χ0v) is 37.5. The quantitative estimate of drug-likeness (QED) is 0.185. The highest BCUT2D eigenvalue weighted by molar-refractivity contribution is 6.00. The summed E-state index contributed by atoms with van der Waals surface area (Å²) in [5.74, 6) is -7.89. The van der Waals surface area contributed by atoms with Crippen LogP contribution in [0.1, 0.15) is 97.9 Å². The molecule has 4 heterocycles. The molecule has 0 spiro atoms. The van der Waals surface area contributed by atoms with Crippen LogP contribution < -0.4 is 14.8 Å². The third-order valence-electron chi connectivity index (χ3n) is 13.4. The number of likely N-dealkylation sites (N-methyl/N-ethyl adjacent to an activating group) is 1. The number of methoxy groups -OCH3 is 1. The summed E-state index contributed by atoms with van der Waals surface area (Å²) in [6, 6.07) is 4.54. The number of hydrogen-bond donors (Lipinski definition) is 2. The van der Waals surface area contributed by atoms with E-state index < -0.39 is 94.9 Å². The number of aliphatic hydroxyl groups is 1. The average Bonchev–Trinajstić information content (AvgIpc) is 3.50. The molecule has 0 radical (unpaired) electrons. The highest BCUT2D eigenvalue weighted by atomic mass is 16.7. The predicted molar refractivity (Wildman–Crippen MR) is 220 cm³/mol. The number of nitrogens with one attached hydrogen (secondary N) is 1. The SMILES string of the molecule is CC[C@H]1OC(=O)[C@H](C)C(=O)C(C)[C@@H](O[C@@H]2O[C@H](C)C[C@H](N(C)C)[C@H]2O)[C@](C)(OC)C[C@@H](C)C(=O)[C@H](C)[C@H]2C(CNC(=O)CCC(=O)c3ccc4c(c3)OCCO4)C(=O)O[C@@]21C. The van der Waals surface area contributed by atoms with Crippen molar-refractivity contribution in [3.05, 3.63) is 23.8 Å². The van der Waals surface area contributed by atoms with Gasteiger partial charge in [0.2, 0.25) is 5.91 Å².